The summed E-state index contributed by atoms with van der Waals surface area (Å²) in [4.78, 5) is 0. The van der Waals surface area contributed by atoms with Crippen LogP contribution in [0.15, 0.2) is 54.6 Å². The number of benzene rings is 2. The molecule has 0 amide bonds. The SMILES string of the molecule is Cc1ccccc1Oc1ccccc1. The summed E-state index contributed by atoms with van der Waals surface area (Å²) in [6, 6.07) is 17.8. The van der Waals surface area contributed by atoms with Gasteiger partial charge in [-0.25, -0.2) is 0 Å². The van der Waals surface area contributed by atoms with Crippen LogP contribution in [-0.4, -0.2) is 0 Å². The van der Waals surface area contributed by atoms with Gasteiger partial charge < -0.3 is 4.74 Å². The van der Waals surface area contributed by atoms with Crippen LogP contribution in [-0.2, 0) is 0 Å². The predicted octanol–water partition coefficient (Wildman–Crippen LogP) is 3.79. The smallest absolute Gasteiger partial charge is 0.130 e. The van der Waals surface area contributed by atoms with Crippen LogP contribution in [0.25, 0.3) is 0 Å². The molecule has 1 heteroatoms. The maximum Gasteiger partial charge on any atom is 0.130 e. The molecule has 2 aromatic carbocycles. The van der Waals surface area contributed by atoms with E-state index in [-0.39, 0.29) is 0 Å². The largest absolute Gasteiger partial charge is 0.457 e. The van der Waals surface area contributed by atoms with Crippen molar-refractivity contribution >= 4 is 0 Å². The van der Waals surface area contributed by atoms with Gasteiger partial charge in [-0.3, -0.25) is 0 Å². The lowest BCUT2D eigenvalue weighted by molar-refractivity contribution is 0.479. The van der Waals surface area contributed by atoms with E-state index in [1.54, 1.807) is 0 Å². The van der Waals surface area contributed by atoms with Gasteiger partial charge in [0, 0.05) is 0 Å². The number of hydrogen-bond acceptors (Lipinski definition) is 1. The summed E-state index contributed by atoms with van der Waals surface area (Å²) in [7, 11) is 0. The van der Waals surface area contributed by atoms with E-state index < -0.39 is 0 Å². The molecule has 0 aliphatic rings. The first kappa shape index (κ1) is 8.82. The number of ether oxygens (including phenoxy) is 1. The Hall–Kier alpha value is -1.76. The third kappa shape index (κ3) is 1.94. The predicted molar refractivity (Wildman–Crippen MR) is 57.7 cm³/mol. The number of rotatable bonds is 2. The highest BCUT2D eigenvalue weighted by Crippen LogP contribution is 2.23. The van der Waals surface area contributed by atoms with Gasteiger partial charge in [-0.1, -0.05) is 36.4 Å². The van der Waals surface area contributed by atoms with Crippen LogP contribution in [0.2, 0.25) is 0 Å². The molecule has 0 spiro atoms. The monoisotopic (exact) mass is 184 g/mol. The van der Waals surface area contributed by atoms with Gasteiger partial charge in [0.25, 0.3) is 0 Å². The topological polar surface area (TPSA) is 9.23 Å². The molecule has 0 bridgehead atoms. The van der Waals surface area contributed by atoms with Gasteiger partial charge in [0.2, 0.25) is 0 Å². The first-order valence-corrected chi connectivity index (χ1v) is 4.65. The van der Waals surface area contributed by atoms with Gasteiger partial charge in [0.15, 0.2) is 0 Å². The second kappa shape index (κ2) is 3.97. The lowest BCUT2D eigenvalue weighted by Crippen LogP contribution is -1.85. The molecule has 0 N–H and O–H groups in total. The van der Waals surface area contributed by atoms with Gasteiger partial charge in [0.1, 0.15) is 11.5 Å². The number of para-hydroxylation sites is 2. The Morgan fingerprint density at radius 3 is 2.14 bits per heavy atom. The Morgan fingerprint density at radius 1 is 0.786 bits per heavy atom. The Labute approximate surface area is 84.0 Å². The maximum atomic E-state index is 5.71. The molecule has 0 heterocycles. The van der Waals surface area contributed by atoms with Crippen LogP contribution in [0.5, 0.6) is 11.5 Å². The normalized spacial score (nSPS) is 9.79. The Balaban J connectivity index is 2.24. The summed E-state index contributed by atoms with van der Waals surface area (Å²) < 4.78 is 5.71. The minimum atomic E-state index is 0.877. The average Bonchev–Trinajstić information content (AvgIpc) is 2.23. The van der Waals surface area contributed by atoms with E-state index in [1.807, 2.05) is 61.5 Å². The number of hydrogen-bond donors (Lipinski definition) is 0. The Bertz CT molecular complexity index is 407. The minimum absolute atomic E-state index is 0.877. The van der Waals surface area contributed by atoms with Crippen molar-refractivity contribution in [3.8, 4) is 11.5 Å². The standard InChI is InChI=1S/C13H12O/c1-11-7-5-6-10-13(11)14-12-8-3-2-4-9-12/h2-10H,1H3. The summed E-state index contributed by atoms with van der Waals surface area (Å²) in [6.07, 6.45) is 0. The van der Waals surface area contributed by atoms with E-state index in [0.29, 0.717) is 0 Å². The highest BCUT2D eigenvalue weighted by Gasteiger charge is 1.98. The van der Waals surface area contributed by atoms with Crippen LogP contribution in [0.4, 0.5) is 0 Å². The zero-order chi connectivity index (χ0) is 9.80. The van der Waals surface area contributed by atoms with E-state index in [1.165, 1.54) is 0 Å². The molecule has 0 aliphatic heterocycles. The average molecular weight is 184 g/mol. The molecule has 2 rings (SSSR count). The molecule has 70 valence electrons. The van der Waals surface area contributed by atoms with Crippen molar-refractivity contribution in [1.82, 2.24) is 0 Å². The fourth-order valence-corrected chi connectivity index (χ4v) is 1.29. The minimum Gasteiger partial charge on any atom is -0.457 e. The van der Waals surface area contributed by atoms with Crippen LogP contribution in [0.3, 0.4) is 0 Å². The Kier molecular flexibility index (Phi) is 2.50. The van der Waals surface area contributed by atoms with Crippen LogP contribution in [0, 0.1) is 6.92 Å². The lowest BCUT2D eigenvalue weighted by atomic mass is 10.2. The van der Waals surface area contributed by atoms with Crippen LogP contribution < -0.4 is 4.74 Å². The summed E-state index contributed by atoms with van der Waals surface area (Å²) in [5, 5.41) is 0. The summed E-state index contributed by atoms with van der Waals surface area (Å²) >= 11 is 0. The molecule has 0 aromatic heterocycles. The molecule has 0 fully saturated rings. The van der Waals surface area contributed by atoms with Gasteiger partial charge in [-0.2, -0.15) is 0 Å². The number of aryl methyl sites for hydroxylation is 1. The van der Waals surface area contributed by atoms with Crippen molar-refractivity contribution in [2.75, 3.05) is 0 Å². The fourth-order valence-electron chi connectivity index (χ4n) is 1.29. The van der Waals surface area contributed by atoms with E-state index in [0.717, 1.165) is 17.1 Å². The zero-order valence-corrected chi connectivity index (χ0v) is 8.10. The highest BCUT2D eigenvalue weighted by molar-refractivity contribution is 5.36. The van der Waals surface area contributed by atoms with Gasteiger partial charge in [-0.15, -0.1) is 0 Å². The molecule has 0 saturated heterocycles. The molecular formula is C13H12O. The van der Waals surface area contributed by atoms with E-state index in [2.05, 4.69) is 0 Å². The van der Waals surface area contributed by atoms with Crippen molar-refractivity contribution in [3.63, 3.8) is 0 Å². The van der Waals surface area contributed by atoms with Crippen LogP contribution in [0.1, 0.15) is 5.56 Å². The second-order valence-electron chi connectivity index (χ2n) is 3.18. The van der Waals surface area contributed by atoms with Gasteiger partial charge >= 0.3 is 0 Å². The third-order valence-corrected chi connectivity index (χ3v) is 2.06. The summed E-state index contributed by atoms with van der Waals surface area (Å²) in [5.41, 5.74) is 1.15. The quantitative estimate of drug-likeness (QED) is 0.690. The molecule has 0 unspecified atom stereocenters. The summed E-state index contributed by atoms with van der Waals surface area (Å²) in [5.74, 6) is 1.79. The molecule has 1 nitrogen and oxygen atoms in total. The summed E-state index contributed by atoms with van der Waals surface area (Å²) in [6.45, 7) is 2.04. The fraction of sp³-hybridized carbons (Fsp3) is 0.0769. The van der Waals surface area contributed by atoms with Gasteiger partial charge in [0.05, 0.1) is 0 Å². The van der Waals surface area contributed by atoms with E-state index >= 15 is 0 Å². The molecule has 0 radical (unpaired) electrons. The van der Waals surface area contributed by atoms with Crippen molar-refractivity contribution in [2.24, 2.45) is 0 Å². The van der Waals surface area contributed by atoms with Crippen LogP contribution >= 0.6 is 0 Å². The Morgan fingerprint density at radius 2 is 1.43 bits per heavy atom. The van der Waals surface area contributed by atoms with Gasteiger partial charge in [-0.05, 0) is 30.7 Å². The zero-order valence-electron chi connectivity index (χ0n) is 8.10. The maximum absolute atomic E-state index is 5.71. The molecule has 14 heavy (non-hydrogen) atoms. The lowest BCUT2D eigenvalue weighted by Gasteiger charge is -2.07. The van der Waals surface area contributed by atoms with Crippen molar-refractivity contribution in [1.29, 1.82) is 0 Å². The van der Waals surface area contributed by atoms with Crippen molar-refractivity contribution < 1.29 is 4.74 Å². The molecule has 0 aliphatic carbocycles. The molecular weight excluding hydrogens is 172 g/mol. The highest BCUT2D eigenvalue weighted by atomic mass is 16.5. The van der Waals surface area contributed by atoms with E-state index in [4.69, 9.17) is 4.74 Å². The second-order valence-corrected chi connectivity index (χ2v) is 3.18. The third-order valence-electron chi connectivity index (χ3n) is 2.06. The first-order valence-electron chi connectivity index (χ1n) is 4.65. The molecule has 0 atom stereocenters. The molecule has 2 aromatic rings. The first-order chi connectivity index (χ1) is 6.86. The molecule has 0 saturated carbocycles. The van der Waals surface area contributed by atoms with Crippen molar-refractivity contribution in [3.05, 3.63) is 60.2 Å². The van der Waals surface area contributed by atoms with Crippen molar-refractivity contribution in [2.45, 2.75) is 6.92 Å². The van der Waals surface area contributed by atoms with E-state index in [9.17, 15) is 0 Å².